The summed E-state index contributed by atoms with van der Waals surface area (Å²) in [5, 5.41) is 6.75. The van der Waals surface area contributed by atoms with Gasteiger partial charge >= 0.3 is 0 Å². The second kappa shape index (κ2) is 8.34. The van der Waals surface area contributed by atoms with Crippen LogP contribution in [0.5, 0.6) is 5.75 Å². The van der Waals surface area contributed by atoms with Gasteiger partial charge in [0.05, 0.1) is 7.11 Å². The lowest BCUT2D eigenvalue weighted by Gasteiger charge is -2.13. The van der Waals surface area contributed by atoms with Crippen molar-refractivity contribution in [3.63, 3.8) is 0 Å². The molecule has 0 aliphatic heterocycles. The molecule has 1 aromatic heterocycles. The highest BCUT2D eigenvalue weighted by atomic mass is 16.5. The molecule has 0 saturated carbocycles. The average molecular weight is 348 g/mol. The molecule has 2 N–H and O–H groups in total. The number of para-hydroxylation sites is 1. The normalized spacial score (nSPS) is 10.4. The van der Waals surface area contributed by atoms with E-state index < -0.39 is 0 Å². The first kappa shape index (κ1) is 17.7. The molecular formula is C21H24N4O. The van der Waals surface area contributed by atoms with Crippen molar-refractivity contribution >= 4 is 17.3 Å². The Balaban J connectivity index is 1.62. The minimum absolute atomic E-state index is 0.779. The summed E-state index contributed by atoms with van der Waals surface area (Å²) in [5.41, 5.74) is 4.70. The van der Waals surface area contributed by atoms with Gasteiger partial charge in [-0.05, 0) is 49.1 Å². The second-order valence-corrected chi connectivity index (χ2v) is 6.21. The van der Waals surface area contributed by atoms with Crippen LogP contribution in [0.1, 0.15) is 16.7 Å². The zero-order valence-corrected chi connectivity index (χ0v) is 15.4. The van der Waals surface area contributed by atoms with E-state index in [1.165, 1.54) is 16.7 Å². The minimum atomic E-state index is 0.779. The number of nitrogens with zero attached hydrogens (tertiary/aromatic N) is 2. The molecule has 0 unspecified atom stereocenters. The lowest BCUT2D eigenvalue weighted by molar-refractivity contribution is 0.414. The predicted molar refractivity (Wildman–Crippen MR) is 106 cm³/mol. The van der Waals surface area contributed by atoms with E-state index in [0.29, 0.717) is 0 Å². The van der Waals surface area contributed by atoms with Crippen LogP contribution in [-0.4, -0.2) is 23.6 Å². The van der Waals surface area contributed by atoms with Crippen LogP contribution in [0.2, 0.25) is 0 Å². The van der Waals surface area contributed by atoms with Gasteiger partial charge in [0, 0.05) is 18.3 Å². The molecule has 5 heteroatoms. The highest BCUT2D eigenvalue weighted by Crippen LogP contribution is 2.23. The van der Waals surface area contributed by atoms with Crippen molar-refractivity contribution in [3.05, 3.63) is 71.5 Å². The van der Waals surface area contributed by atoms with Crippen LogP contribution in [0.4, 0.5) is 17.3 Å². The number of aromatic nitrogens is 2. The molecule has 5 nitrogen and oxygen atoms in total. The maximum atomic E-state index is 5.26. The van der Waals surface area contributed by atoms with Crippen molar-refractivity contribution in [2.45, 2.75) is 20.3 Å². The molecular weight excluding hydrogens is 324 g/mol. The fourth-order valence-corrected chi connectivity index (χ4v) is 2.82. The van der Waals surface area contributed by atoms with Crippen molar-refractivity contribution in [2.24, 2.45) is 0 Å². The van der Waals surface area contributed by atoms with E-state index >= 15 is 0 Å². The van der Waals surface area contributed by atoms with Crippen LogP contribution in [0.15, 0.2) is 54.9 Å². The molecule has 0 radical (unpaired) electrons. The Labute approximate surface area is 154 Å². The van der Waals surface area contributed by atoms with Crippen LogP contribution in [-0.2, 0) is 6.42 Å². The first-order valence-corrected chi connectivity index (χ1v) is 8.68. The highest BCUT2D eigenvalue weighted by Gasteiger charge is 2.05. The zero-order valence-electron chi connectivity index (χ0n) is 15.4. The van der Waals surface area contributed by atoms with Gasteiger partial charge in [0.1, 0.15) is 23.7 Å². The Morgan fingerprint density at radius 2 is 1.65 bits per heavy atom. The van der Waals surface area contributed by atoms with Gasteiger partial charge in [-0.15, -0.1) is 0 Å². The molecule has 2 aromatic carbocycles. The van der Waals surface area contributed by atoms with Crippen molar-refractivity contribution in [1.82, 2.24) is 9.97 Å². The minimum Gasteiger partial charge on any atom is -0.497 e. The summed E-state index contributed by atoms with van der Waals surface area (Å²) in [6.07, 6.45) is 2.46. The molecule has 0 spiro atoms. The van der Waals surface area contributed by atoms with Crippen LogP contribution >= 0.6 is 0 Å². The molecule has 0 bridgehead atoms. The van der Waals surface area contributed by atoms with Gasteiger partial charge in [-0.2, -0.15) is 0 Å². The summed E-state index contributed by atoms with van der Waals surface area (Å²) < 4.78 is 5.26. The smallest absolute Gasteiger partial charge is 0.135 e. The van der Waals surface area contributed by atoms with Crippen molar-refractivity contribution in [1.29, 1.82) is 0 Å². The summed E-state index contributed by atoms with van der Waals surface area (Å²) in [6.45, 7) is 4.96. The van der Waals surface area contributed by atoms with E-state index in [-0.39, 0.29) is 0 Å². The number of anilines is 3. The van der Waals surface area contributed by atoms with E-state index in [2.05, 4.69) is 64.8 Å². The number of ether oxygens (including phenoxy) is 1. The Morgan fingerprint density at radius 1 is 0.923 bits per heavy atom. The zero-order chi connectivity index (χ0) is 18.4. The average Bonchev–Trinajstić information content (AvgIpc) is 2.65. The maximum Gasteiger partial charge on any atom is 0.135 e. The van der Waals surface area contributed by atoms with E-state index in [0.717, 1.165) is 36.0 Å². The van der Waals surface area contributed by atoms with E-state index in [4.69, 9.17) is 4.74 Å². The molecule has 0 saturated heterocycles. The number of nitrogens with one attached hydrogen (secondary N) is 2. The van der Waals surface area contributed by atoms with Crippen molar-refractivity contribution in [3.8, 4) is 5.75 Å². The van der Waals surface area contributed by atoms with Gasteiger partial charge in [0.25, 0.3) is 0 Å². The monoisotopic (exact) mass is 348 g/mol. The first-order valence-electron chi connectivity index (χ1n) is 8.68. The first-order chi connectivity index (χ1) is 12.7. The molecule has 0 amide bonds. The Bertz CT molecular complexity index is 859. The summed E-state index contributed by atoms with van der Waals surface area (Å²) in [7, 11) is 1.68. The highest BCUT2D eigenvalue weighted by molar-refractivity contribution is 5.65. The van der Waals surface area contributed by atoms with E-state index in [1.54, 1.807) is 13.4 Å². The predicted octanol–water partition coefficient (Wildman–Crippen LogP) is 4.50. The molecule has 3 rings (SSSR count). The van der Waals surface area contributed by atoms with Gasteiger partial charge in [-0.3, -0.25) is 0 Å². The maximum absolute atomic E-state index is 5.26. The number of hydrogen-bond acceptors (Lipinski definition) is 5. The quantitative estimate of drug-likeness (QED) is 0.658. The molecule has 0 aliphatic carbocycles. The number of rotatable bonds is 7. The third kappa shape index (κ3) is 4.51. The van der Waals surface area contributed by atoms with Gasteiger partial charge < -0.3 is 15.4 Å². The Hall–Kier alpha value is -3.08. The second-order valence-electron chi connectivity index (χ2n) is 6.21. The van der Waals surface area contributed by atoms with Crippen LogP contribution < -0.4 is 15.4 Å². The van der Waals surface area contributed by atoms with Gasteiger partial charge in [0.2, 0.25) is 0 Å². The van der Waals surface area contributed by atoms with Crippen LogP contribution in [0, 0.1) is 13.8 Å². The number of aryl methyl sites for hydroxylation is 2. The number of benzene rings is 2. The van der Waals surface area contributed by atoms with Crippen molar-refractivity contribution < 1.29 is 4.74 Å². The van der Waals surface area contributed by atoms with E-state index in [1.807, 2.05) is 18.2 Å². The molecule has 0 fully saturated rings. The third-order valence-corrected chi connectivity index (χ3v) is 4.26. The number of methoxy groups -OCH3 is 1. The fraction of sp³-hybridized carbons (Fsp3) is 0.238. The SMILES string of the molecule is COc1cccc(CCNc2cc(Nc3c(C)cccc3C)ncn2)c1. The molecule has 26 heavy (non-hydrogen) atoms. The summed E-state index contributed by atoms with van der Waals surface area (Å²) >= 11 is 0. The largest absolute Gasteiger partial charge is 0.497 e. The lowest BCUT2D eigenvalue weighted by Crippen LogP contribution is -2.07. The standard InChI is InChI=1S/C21H24N4O/c1-15-6-4-7-16(2)21(15)25-20-13-19(23-14-24-20)22-11-10-17-8-5-9-18(12-17)26-3/h4-9,12-14H,10-11H2,1-3H3,(H2,22,23,24,25). The van der Waals surface area contributed by atoms with Crippen LogP contribution in [0.3, 0.4) is 0 Å². The molecule has 1 heterocycles. The molecule has 0 aliphatic rings. The molecule has 134 valence electrons. The van der Waals surface area contributed by atoms with Crippen molar-refractivity contribution in [2.75, 3.05) is 24.3 Å². The molecule has 0 atom stereocenters. The fourth-order valence-electron chi connectivity index (χ4n) is 2.82. The Kier molecular flexibility index (Phi) is 5.69. The summed E-state index contributed by atoms with van der Waals surface area (Å²) in [6, 6.07) is 16.3. The van der Waals surface area contributed by atoms with Crippen LogP contribution in [0.25, 0.3) is 0 Å². The van der Waals surface area contributed by atoms with Gasteiger partial charge in [0.15, 0.2) is 0 Å². The Morgan fingerprint density at radius 3 is 2.42 bits per heavy atom. The van der Waals surface area contributed by atoms with E-state index in [9.17, 15) is 0 Å². The topological polar surface area (TPSA) is 59.1 Å². The molecule has 3 aromatic rings. The lowest BCUT2D eigenvalue weighted by atomic mass is 10.1. The summed E-state index contributed by atoms with van der Waals surface area (Å²) in [5.74, 6) is 2.46. The number of hydrogen-bond donors (Lipinski definition) is 2. The third-order valence-electron chi connectivity index (χ3n) is 4.26. The van der Waals surface area contributed by atoms with Gasteiger partial charge in [-0.1, -0.05) is 30.3 Å². The summed E-state index contributed by atoms with van der Waals surface area (Å²) in [4.78, 5) is 8.63. The van der Waals surface area contributed by atoms with Gasteiger partial charge in [-0.25, -0.2) is 9.97 Å².